The second-order valence-corrected chi connectivity index (χ2v) is 7.94. The van der Waals surface area contributed by atoms with Crippen LogP contribution >= 0.6 is 0 Å². The van der Waals surface area contributed by atoms with Crippen molar-refractivity contribution in [3.8, 4) is 5.75 Å². The van der Waals surface area contributed by atoms with Gasteiger partial charge in [0, 0.05) is 52.9 Å². The number of ether oxygens (including phenoxy) is 1. The van der Waals surface area contributed by atoms with Crippen molar-refractivity contribution in [2.24, 2.45) is 4.99 Å². The second-order valence-electron chi connectivity index (χ2n) is 7.94. The van der Waals surface area contributed by atoms with Gasteiger partial charge in [0.15, 0.2) is 5.96 Å². The van der Waals surface area contributed by atoms with Crippen LogP contribution < -0.4 is 10.1 Å². The Morgan fingerprint density at radius 2 is 1.83 bits per heavy atom. The van der Waals surface area contributed by atoms with Gasteiger partial charge in [-0.25, -0.2) is 0 Å². The summed E-state index contributed by atoms with van der Waals surface area (Å²) < 4.78 is 5.34. The summed E-state index contributed by atoms with van der Waals surface area (Å²) in [6.45, 7) is 10.2. The van der Waals surface area contributed by atoms with Gasteiger partial charge in [-0.1, -0.05) is 12.1 Å². The number of likely N-dealkylation sites (tertiary alicyclic amines) is 1. The Bertz CT molecular complexity index is 722. The van der Waals surface area contributed by atoms with Gasteiger partial charge in [0.1, 0.15) is 5.75 Å². The molecule has 7 nitrogen and oxygen atoms in total. The van der Waals surface area contributed by atoms with E-state index in [0.29, 0.717) is 0 Å². The van der Waals surface area contributed by atoms with E-state index in [0.717, 1.165) is 75.9 Å². The summed E-state index contributed by atoms with van der Waals surface area (Å²) in [6.07, 6.45) is 2.28. The molecule has 1 atom stereocenters. The first-order chi connectivity index (χ1) is 14.0. The lowest BCUT2D eigenvalue weighted by molar-refractivity contribution is -0.135. The van der Waals surface area contributed by atoms with Crippen molar-refractivity contribution in [1.82, 2.24) is 20.0 Å². The molecule has 1 N–H and O–H groups in total. The molecular weight excluding hydrogens is 366 g/mol. The lowest BCUT2D eigenvalue weighted by Gasteiger charge is -2.39. The molecule has 29 heavy (non-hydrogen) atoms. The quantitative estimate of drug-likeness (QED) is 0.601. The molecule has 1 amide bonds. The maximum absolute atomic E-state index is 12.7. The average molecular weight is 402 g/mol. The highest BCUT2D eigenvalue weighted by atomic mass is 16.5. The molecule has 0 saturated carbocycles. The molecule has 1 aromatic carbocycles. The van der Waals surface area contributed by atoms with Gasteiger partial charge in [0.25, 0.3) is 0 Å². The zero-order valence-corrected chi connectivity index (χ0v) is 18.3. The Balaban J connectivity index is 1.49. The van der Waals surface area contributed by atoms with Gasteiger partial charge in [0.05, 0.1) is 13.2 Å². The summed E-state index contributed by atoms with van der Waals surface area (Å²) >= 11 is 0. The molecule has 0 bridgehead atoms. The van der Waals surface area contributed by atoms with E-state index in [1.54, 1.807) is 7.11 Å². The fourth-order valence-corrected chi connectivity index (χ4v) is 4.24. The van der Waals surface area contributed by atoms with Gasteiger partial charge in [0.2, 0.25) is 5.91 Å². The van der Waals surface area contributed by atoms with Crippen LogP contribution in [0.2, 0.25) is 0 Å². The first-order valence-corrected chi connectivity index (χ1v) is 10.7. The van der Waals surface area contributed by atoms with Crippen molar-refractivity contribution >= 4 is 11.9 Å². The third kappa shape index (κ3) is 5.21. The van der Waals surface area contributed by atoms with E-state index in [1.807, 2.05) is 18.0 Å². The number of hydrogen-bond donors (Lipinski definition) is 1. The maximum Gasteiger partial charge on any atom is 0.239 e. The topological polar surface area (TPSA) is 60.4 Å². The number of aryl methyl sites for hydroxylation is 1. The number of piperazine rings is 1. The highest BCUT2D eigenvalue weighted by Crippen LogP contribution is 2.18. The van der Waals surface area contributed by atoms with Gasteiger partial charge < -0.3 is 19.9 Å². The number of hydrogen-bond acceptors (Lipinski definition) is 4. The number of amides is 1. The smallest absolute Gasteiger partial charge is 0.239 e. The van der Waals surface area contributed by atoms with E-state index in [2.05, 4.69) is 46.1 Å². The predicted octanol–water partition coefficient (Wildman–Crippen LogP) is 1.71. The van der Waals surface area contributed by atoms with Gasteiger partial charge in [-0.3, -0.25) is 14.7 Å². The maximum atomic E-state index is 12.7. The van der Waals surface area contributed by atoms with Crippen LogP contribution in [-0.2, 0) is 11.3 Å². The highest BCUT2D eigenvalue weighted by molar-refractivity contribution is 5.82. The zero-order valence-electron chi connectivity index (χ0n) is 18.3. The van der Waals surface area contributed by atoms with Gasteiger partial charge >= 0.3 is 0 Å². The summed E-state index contributed by atoms with van der Waals surface area (Å²) in [5.74, 6) is 2.11. The molecule has 0 radical (unpaired) electrons. The predicted molar refractivity (Wildman–Crippen MR) is 116 cm³/mol. The van der Waals surface area contributed by atoms with Gasteiger partial charge in [-0.2, -0.15) is 0 Å². The molecule has 3 rings (SSSR count). The lowest BCUT2D eigenvalue weighted by atomic mass is 10.1. The zero-order chi connectivity index (χ0) is 20.8. The van der Waals surface area contributed by atoms with Crippen LogP contribution in [-0.4, -0.2) is 86.0 Å². The van der Waals surface area contributed by atoms with Crippen molar-refractivity contribution in [1.29, 1.82) is 0 Å². The van der Waals surface area contributed by atoms with E-state index < -0.39 is 0 Å². The molecule has 7 heteroatoms. The largest absolute Gasteiger partial charge is 0.496 e. The van der Waals surface area contributed by atoms with Gasteiger partial charge in [-0.05, 0) is 43.9 Å². The number of guanidine groups is 1. The third-order valence-electron chi connectivity index (χ3n) is 6.06. The number of aliphatic imine (C=N–C) groups is 1. The first-order valence-electron chi connectivity index (χ1n) is 10.7. The fraction of sp³-hybridized carbons (Fsp3) is 0.636. The minimum atomic E-state index is -0.0347. The molecule has 0 aliphatic carbocycles. The SMILES string of the molecule is CN=C(NCc1ccc(OC)c(C)c1)N1CCN(C(C)C(=O)N2CCCC2)CC1. The standard InChI is InChI=1S/C22H35N5O2/c1-17-15-19(7-8-20(17)29-4)16-24-22(23-3)27-13-11-25(12-14-27)18(2)21(28)26-9-5-6-10-26/h7-8,15,18H,5-6,9-14,16H2,1-4H3,(H,23,24). The van der Waals surface area contributed by atoms with Crippen LogP contribution in [0.5, 0.6) is 5.75 Å². The van der Waals surface area contributed by atoms with E-state index in [1.165, 1.54) is 5.56 Å². The van der Waals surface area contributed by atoms with E-state index in [4.69, 9.17) is 4.74 Å². The number of carbonyl (C=O) groups excluding carboxylic acids is 1. The van der Waals surface area contributed by atoms with Crippen LogP contribution in [0.1, 0.15) is 30.9 Å². The monoisotopic (exact) mass is 401 g/mol. The lowest BCUT2D eigenvalue weighted by Crippen LogP contribution is -2.57. The number of rotatable bonds is 5. The number of carbonyl (C=O) groups is 1. The number of benzene rings is 1. The van der Waals surface area contributed by atoms with Crippen molar-refractivity contribution < 1.29 is 9.53 Å². The molecule has 0 aromatic heterocycles. The minimum absolute atomic E-state index is 0.0347. The van der Waals surface area contributed by atoms with Crippen LogP contribution in [0.4, 0.5) is 0 Å². The highest BCUT2D eigenvalue weighted by Gasteiger charge is 2.30. The molecule has 2 saturated heterocycles. The fourth-order valence-electron chi connectivity index (χ4n) is 4.24. The first kappa shape index (κ1) is 21.4. The molecule has 160 valence electrons. The van der Waals surface area contributed by atoms with Gasteiger partial charge in [-0.15, -0.1) is 0 Å². The number of nitrogens with zero attached hydrogens (tertiary/aromatic N) is 4. The van der Waals surface area contributed by atoms with E-state index in [9.17, 15) is 4.79 Å². The number of nitrogens with one attached hydrogen (secondary N) is 1. The molecule has 2 aliphatic heterocycles. The van der Waals surface area contributed by atoms with Crippen LogP contribution in [0.3, 0.4) is 0 Å². The third-order valence-corrected chi connectivity index (χ3v) is 6.06. The normalized spacial score (nSPS) is 19.4. The van der Waals surface area contributed by atoms with E-state index >= 15 is 0 Å². The Morgan fingerprint density at radius 1 is 1.14 bits per heavy atom. The van der Waals surface area contributed by atoms with Crippen molar-refractivity contribution in [2.45, 2.75) is 39.3 Å². The molecule has 2 heterocycles. The van der Waals surface area contributed by atoms with Crippen molar-refractivity contribution in [2.75, 3.05) is 53.4 Å². The van der Waals surface area contributed by atoms with Crippen molar-refractivity contribution in [3.63, 3.8) is 0 Å². The van der Waals surface area contributed by atoms with Crippen LogP contribution in [0, 0.1) is 6.92 Å². The molecule has 1 unspecified atom stereocenters. The van der Waals surface area contributed by atoms with Crippen molar-refractivity contribution in [3.05, 3.63) is 29.3 Å². The van der Waals surface area contributed by atoms with E-state index in [-0.39, 0.29) is 11.9 Å². The molecule has 2 fully saturated rings. The molecule has 2 aliphatic rings. The molecular formula is C22H35N5O2. The summed E-state index contributed by atoms with van der Waals surface area (Å²) in [4.78, 5) is 23.7. The summed E-state index contributed by atoms with van der Waals surface area (Å²) in [5, 5.41) is 3.47. The summed E-state index contributed by atoms with van der Waals surface area (Å²) in [6, 6.07) is 6.19. The Labute approximate surface area is 174 Å². The van der Waals surface area contributed by atoms with Crippen LogP contribution in [0.25, 0.3) is 0 Å². The Morgan fingerprint density at radius 3 is 2.41 bits per heavy atom. The Hall–Kier alpha value is -2.28. The average Bonchev–Trinajstić information content (AvgIpc) is 3.28. The second kappa shape index (κ2) is 9.96. The summed E-state index contributed by atoms with van der Waals surface area (Å²) in [5.41, 5.74) is 2.33. The Kier molecular flexibility index (Phi) is 7.36. The summed E-state index contributed by atoms with van der Waals surface area (Å²) in [7, 11) is 3.52. The van der Waals surface area contributed by atoms with Crippen LogP contribution in [0.15, 0.2) is 23.2 Å². The molecule has 1 aromatic rings. The molecule has 0 spiro atoms. The minimum Gasteiger partial charge on any atom is -0.496 e. The number of methoxy groups -OCH3 is 1.